The highest BCUT2D eigenvalue weighted by molar-refractivity contribution is 5.81. The molecule has 2 N–H and O–H groups in total. The second kappa shape index (κ2) is 5.46. The van der Waals surface area contributed by atoms with Crippen molar-refractivity contribution >= 4 is 11.9 Å². The van der Waals surface area contributed by atoms with Crippen molar-refractivity contribution in [3.8, 4) is 0 Å². The molecule has 1 amide bonds. The number of carbonyl (C=O) groups excluding carboxylic acids is 1. The first kappa shape index (κ1) is 9.68. The van der Waals surface area contributed by atoms with Crippen molar-refractivity contribution in [1.82, 2.24) is 5.32 Å². The number of rotatable bonds is 4. The molecule has 0 aliphatic heterocycles. The predicted octanol–water partition coefficient (Wildman–Crippen LogP) is 0.153. The zero-order valence-electron chi connectivity index (χ0n) is 6.33. The van der Waals surface area contributed by atoms with E-state index in [1.54, 1.807) is 19.1 Å². The summed E-state index contributed by atoms with van der Waals surface area (Å²) in [4.78, 5) is 20.6. The first-order chi connectivity index (χ1) is 5.16. The number of carbonyl (C=O) groups is 2. The predicted molar refractivity (Wildman–Crippen MR) is 40.1 cm³/mol. The maximum absolute atomic E-state index is 10.7. The zero-order valence-corrected chi connectivity index (χ0v) is 6.33. The number of hydrogen-bond donors (Lipinski definition) is 2. The van der Waals surface area contributed by atoms with E-state index in [1.807, 2.05) is 0 Å². The van der Waals surface area contributed by atoms with Crippen LogP contribution in [-0.4, -0.2) is 23.5 Å². The maximum Gasteiger partial charge on any atom is 0.322 e. The topological polar surface area (TPSA) is 66.4 Å². The van der Waals surface area contributed by atoms with Gasteiger partial charge >= 0.3 is 5.97 Å². The van der Waals surface area contributed by atoms with E-state index in [0.717, 1.165) is 0 Å². The third-order valence-electron chi connectivity index (χ3n) is 0.976. The second-order valence-corrected chi connectivity index (χ2v) is 1.94. The van der Waals surface area contributed by atoms with Crippen LogP contribution in [0.15, 0.2) is 12.2 Å². The molecule has 0 atom stereocenters. The summed E-state index contributed by atoms with van der Waals surface area (Å²) in [6.07, 6.45) is 3.64. The number of amides is 1. The number of aliphatic carboxylic acids is 1. The summed E-state index contributed by atoms with van der Waals surface area (Å²) in [5.74, 6) is -1.30. The van der Waals surface area contributed by atoms with Crippen molar-refractivity contribution in [2.75, 3.05) is 6.54 Å². The van der Waals surface area contributed by atoms with Crippen LogP contribution in [0.1, 0.15) is 13.3 Å². The van der Waals surface area contributed by atoms with E-state index < -0.39 is 5.97 Å². The van der Waals surface area contributed by atoms with E-state index in [2.05, 4.69) is 5.32 Å². The van der Waals surface area contributed by atoms with Gasteiger partial charge in [-0.1, -0.05) is 12.2 Å². The van der Waals surface area contributed by atoms with E-state index >= 15 is 0 Å². The zero-order chi connectivity index (χ0) is 8.69. The monoisotopic (exact) mass is 157 g/mol. The summed E-state index contributed by atoms with van der Waals surface area (Å²) >= 11 is 0. The molecule has 4 nitrogen and oxygen atoms in total. The minimum atomic E-state index is -1.03. The first-order valence-electron chi connectivity index (χ1n) is 3.26. The molecule has 0 heterocycles. The molecule has 4 heteroatoms. The Morgan fingerprint density at radius 1 is 1.55 bits per heavy atom. The molecule has 0 rings (SSSR count). The summed E-state index contributed by atoms with van der Waals surface area (Å²) in [7, 11) is 0. The smallest absolute Gasteiger partial charge is 0.322 e. The minimum Gasteiger partial charge on any atom is -0.480 e. The largest absolute Gasteiger partial charge is 0.480 e. The van der Waals surface area contributed by atoms with E-state index in [1.165, 1.54) is 0 Å². The Kier molecular flexibility index (Phi) is 4.81. The van der Waals surface area contributed by atoms with Gasteiger partial charge in [0.1, 0.15) is 6.54 Å². The summed E-state index contributed by atoms with van der Waals surface area (Å²) in [6.45, 7) is 1.49. The minimum absolute atomic E-state index is 0.240. The Hall–Kier alpha value is -1.32. The van der Waals surface area contributed by atoms with Crippen LogP contribution in [0.25, 0.3) is 0 Å². The molecule has 0 saturated heterocycles. The van der Waals surface area contributed by atoms with Gasteiger partial charge in [0.25, 0.3) is 0 Å². The van der Waals surface area contributed by atoms with Crippen molar-refractivity contribution in [3.63, 3.8) is 0 Å². The van der Waals surface area contributed by atoms with Gasteiger partial charge in [0, 0.05) is 6.42 Å². The molecule has 0 aromatic heterocycles. The van der Waals surface area contributed by atoms with Gasteiger partial charge in [-0.05, 0) is 6.92 Å². The lowest BCUT2D eigenvalue weighted by atomic mass is 10.3. The van der Waals surface area contributed by atoms with Crippen molar-refractivity contribution in [2.45, 2.75) is 13.3 Å². The van der Waals surface area contributed by atoms with Crippen molar-refractivity contribution in [3.05, 3.63) is 12.2 Å². The van der Waals surface area contributed by atoms with Crippen LogP contribution >= 0.6 is 0 Å². The average molecular weight is 157 g/mol. The van der Waals surface area contributed by atoms with E-state index in [0.29, 0.717) is 0 Å². The van der Waals surface area contributed by atoms with Crippen molar-refractivity contribution in [2.24, 2.45) is 0 Å². The van der Waals surface area contributed by atoms with Crippen LogP contribution < -0.4 is 5.32 Å². The van der Waals surface area contributed by atoms with E-state index in [-0.39, 0.29) is 18.9 Å². The van der Waals surface area contributed by atoms with Gasteiger partial charge in [-0.2, -0.15) is 0 Å². The number of carboxylic acids is 1. The SMILES string of the molecule is CC=CCC(=O)NCC(=O)O. The quantitative estimate of drug-likeness (QED) is 0.571. The first-order valence-corrected chi connectivity index (χ1v) is 3.26. The van der Waals surface area contributed by atoms with Gasteiger partial charge < -0.3 is 10.4 Å². The fourth-order valence-corrected chi connectivity index (χ4v) is 0.471. The third kappa shape index (κ3) is 6.57. The molecule has 0 aliphatic rings. The summed E-state index contributed by atoms with van der Waals surface area (Å²) in [5, 5.41) is 10.4. The van der Waals surface area contributed by atoms with Crippen LogP contribution in [0.3, 0.4) is 0 Å². The molecule has 62 valence electrons. The van der Waals surface area contributed by atoms with Crippen LogP contribution in [0.5, 0.6) is 0 Å². The van der Waals surface area contributed by atoms with E-state index in [9.17, 15) is 9.59 Å². The van der Waals surface area contributed by atoms with Crippen LogP contribution in [0.2, 0.25) is 0 Å². The molecule has 0 aromatic carbocycles. The molecule has 0 spiro atoms. The Morgan fingerprint density at radius 3 is 2.64 bits per heavy atom. The standard InChI is InChI=1S/C7H11NO3/c1-2-3-4-6(9)8-5-7(10)11/h2-3H,4-5H2,1H3,(H,8,9)(H,10,11). The van der Waals surface area contributed by atoms with Gasteiger partial charge in [0.15, 0.2) is 0 Å². The highest BCUT2D eigenvalue weighted by Crippen LogP contribution is 1.81. The van der Waals surface area contributed by atoms with Crippen molar-refractivity contribution < 1.29 is 14.7 Å². The molecule has 0 fully saturated rings. The molecule has 0 radical (unpaired) electrons. The van der Waals surface area contributed by atoms with Crippen LogP contribution in [0.4, 0.5) is 0 Å². The number of allylic oxidation sites excluding steroid dienone is 1. The molecule has 0 saturated carbocycles. The number of hydrogen-bond acceptors (Lipinski definition) is 2. The van der Waals surface area contributed by atoms with Gasteiger partial charge in [0.2, 0.25) is 5.91 Å². The van der Waals surface area contributed by atoms with Crippen LogP contribution in [0, 0.1) is 0 Å². The molecular formula is C7H11NO3. The molecule has 0 aromatic rings. The Labute approximate surface area is 64.9 Å². The fraction of sp³-hybridized carbons (Fsp3) is 0.429. The highest BCUT2D eigenvalue weighted by atomic mass is 16.4. The highest BCUT2D eigenvalue weighted by Gasteiger charge is 1.99. The third-order valence-corrected chi connectivity index (χ3v) is 0.976. The maximum atomic E-state index is 10.7. The Balaban J connectivity index is 3.45. The van der Waals surface area contributed by atoms with Crippen molar-refractivity contribution in [1.29, 1.82) is 0 Å². The Morgan fingerprint density at radius 2 is 2.18 bits per heavy atom. The normalized spacial score (nSPS) is 9.91. The molecular weight excluding hydrogens is 146 g/mol. The molecule has 11 heavy (non-hydrogen) atoms. The molecule has 0 aliphatic carbocycles. The van der Waals surface area contributed by atoms with Gasteiger partial charge in [-0.25, -0.2) is 0 Å². The van der Waals surface area contributed by atoms with Crippen LogP contribution in [-0.2, 0) is 9.59 Å². The number of carboxylic acid groups (broad SMARTS) is 1. The summed E-state index contributed by atoms with van der Waals surface area (Å²) in [5.41, 5.74) is 0. The summed E-state index contributed by atoms with van der Waals surface area (Å²) in [6, 6.07) is 0. The molecule has 0 bridgehead atoms. The lowest BCUT2D eigenvalue weighted by Crippen LogP contribution is -2.28. The molecule has 0 unspecified atom stereocenters. The average Bonchev–Trinajstić information content (AvgIpc) is 1.97. The number of nitrogens with one attached hydrogen (secondary N) is 1. The van der Waals surface area contributed by atoms with Gasteiger partial charge in [0.05, 0.1) is 0 Å². The fourth-order valence-electron chi connectivity index (χ4n) is 0.471. The second-order valence-electron chi connectivity index (χ2n) is 1.94. The lowest BCUT2D eigenvalue weighted by Gasteiger charge is -1.96. The summed E-state index contributed by atoms with van der Waals surface area (Å²) < 4.78 is 0. The van der Waals surface area contributed by atoms with Gasteiger partial charge in [-0.3, -0.25) is 9.59 Å². The van der Waals surface area contributed by atoms with E-state index in [4.69, 9.17) is 5.11 Å². The van der Waals surface area contributed by atoms with Gasteiger partial charge in [-0.15, -0.1) is 0 Å². The lowest BCUT2D eigenvalue weighted by molar-refractivity contribution is -0.137. The Bertz CT molecular complexity index is 175.